The van der Waals surface area contributed by atoms with Gasteiger partial charge in [-0.05, 0) is 0 Å². The molecule has 2 atom stereocenters. The van der Waals surface area contributed by atoms with Crippen LogP contribution in [-0.4, -0.2) is 17.4 Å². The van der Waals surface area contributed by atoms with Gasteiger partial charge in [0.05, 0.1) is 0 Å². The number of carbonyl (C=O) groups excluding carboxylic acids is 2. The van der Waals surface area contributed by atoms with E-state index in [0.29, 0.717) is 12.8 Å². The standard InChI is InChI=1S/2C24H21.C2H3BN2O2.2ClH.Hf/c2*1-17(2)21-12-6-7-13-22(21)23-14-8-11-19-15-20(16-24(19)23)18-9-4-3-5-10-18;6-1-4-3-5-2-7;;;/h2*3-17H,1-2H3;1-2H,(H-,4,5,6,7);2*1H;/q;;;;;+1/p-1. The van der Waals surface area contributed by atoms with Gasteiger partial charge in [0.1, 0.15) is 0 Å². The van der Waals surface area contributed by atoms with Crippen LogP contribution in [0.4, 0.5) is 0 Å². The van der Waals surface area contributed by atoms with Crippen molar-refractivity contribution < 1.29 is 25.5 Å². The van der Waals surface area contributed by atoms with Gasteiger partial charge in [0.2, 0.25) is 0 Å². The first-order chi connectivity index (χ1) is 28.1. The molecule has 4 nitrogen and oxygen atoms in total. The Morgan fingerprint density at radius 2 is 0.862 bits per heavy atom. The van der Waals surface area contributed by atoms with Gasteiger partial charge in [0, 0.05) is 0 Å². The van der Waals surface area contributed by atoms with Gasteiger partial charge in [0.15, 0.2) is 0 Å². The summed E-state index contributed by atoms with van der Waals surface area (Å²) in [4.78, 5) is 25.6. The van der Waals surface area contributed by atoms with E-state index in [-0.39, 0.29) is 11.8 Å². The fraction of sp³-hybridized carbons (Fsp3) is 0.160. The van der Waals surface area contributed by atoms with Crippen LogP contribution in [0.3, 0.4) is 0 Å². The van der Waals surface area contributed by atoms with Gasteiger partial charge in [-0.3, -0.25) is 0 Å². The molecule has 2 unspecified atom stereocenters. The molecule has 289 valence electrons. The number of allylic oxidation sites excluding steroid dienone is 2. The van der Waals surface area contributed by atoms with Crippen LogP contribution >= 0.6 is 17.2 Å². The third-order valence-corrected chi connectivity index (χ3v) is 40.5. The zero-order chi connectivity index (χ0) is 40.6. The molecule has 6 aromatic carbocycles. The number of hydrogen-bond donors (Lipinski definition) is 2. The number of fused-ring (bicyclic) bond motifs is 2. The summed E-state index contributed by atoms with van der Waals surface area (Å²) in [5, 5.41) is 6.04. The van der Waals surface area contributed by atoms with Gasteiger partial charge >= 0.3 is 353 Å². The third kappa shape index (κ3) is 6.68. The Balaban J connectivity index is 1.49. The van der Waals surface area contributed by atoms with Gasteiger partial charge in [-0.25, -0.2) is 0 Å². The van der Waals surface area contributed by atoms with E-state index in [1.807, 2.05) is 36.4 Å². The molecule has 0 aliphatic heterocycles. The normalized spacial score (nSPS) is 16.4. The topological polar surface area (TPSA) is 58.2 Å². The molecule has 2 N–H and O–H groups in total. The van der Waals surface area contributed by atoms with Crippen molar-refractivity contribution in [3.63, 3.8) is 0 Å². The van der Waals surface area contributed by atoms with Crippen LogP contribution in [0, 0.1) is 0 Å². The molecule has 58 heavy (non-hydrogen) atoms. The molecule has 2 amide bonds. The molecule has 2 aliphatic carbocycles. The number of hydrogen-bond acceptors (Lipinski definition) is 2. The Labute approximate surface area is 350 Å². The summed E-state index contributed by atoms with van der Waals surface area (Å²) in [6, 6.07) is 50.5. The van der Waals surface area contributed by atoms with E-state index in [1.54, 1.807) is 0 Å². The van der Waals surface area contributed by atoms with E-state index >= 15 is 0 Å². The summed E-state index contributed by atoms with van der Waals surface area (Å²) < 4.78 is -2.19. The molecule has 0 heterocycles. The first kappa shape index (κ1) is 40.1. The SMILES string of the molecule is CC(C)c1ccccc1-c1cccc2c1C=C(c1ccccc1)[CH]2[Hf]([Cl])([Cl])([B](NC=O)NC=O)[CH]1C(c2ccccc2)=Cc2c(-c3ccccc3C(C)C)cccc21. The zero-order valence-electron chi connectivity index (χ0n) is 33.1. The maximum atomic E-state index is 12.8. The summed E-state index contributed by atoms with van der Waals surface area (Å²) in [5.41, 5.74) is 14.9. The summed E-state index contributed by atoms with van der Waals surface area (Å²) in [6.45, 7) is 8.87. The van der Waals surface area contributed by atoms with Crippen molar-refractivity contribution in [2.24, 2.45) is 0 Å². The maximum absolute atomic E-state index is 12.8. The second-order valence-electron chi connectivity index (χ2n) is 16.1. The zero-order valence-corrected chi connectivity index (χ0v) is 38.2. The van der Waals surface area contributed by atoms with E-state index < -0.39 is 27.8 Å². The summed E-state index contributed by atoms with van der Waals surface area (Å²) in [6.07, 6.45) is 5.77. The van der Waals surface area contributed by atoms with Crippen LogP contribution in [0.5, 0.6) is 0 Å². The summed E-state index contributed by atoms with van der Waals surface area (Å²) in [5.74, 6) is 0.573. The van der Waals surface area contributed by atoms with Crippen molar-refractivity contribution >= 4 is 57.8 Å². The molecular formula is C50H46BCl2HfN2O2. The van der Waals surface area contributed by atoms with Gasteiger partial charge in [-0.15, -0.1) is 0 Å². The average molecular weight is 967 g/mol. The molecule has 0 aromatic heterocycles. The Hall–Kier alpha value is -4.74. The Morgan fingerprint density at radius 3 is 1.24 bits per heavy atom. The molecular weight excluding hydrogens is 921 g/mol. The van der Waals surface area contributed by atoms with Crippen molar-refractivity contribution in [3.05, 3.63) is 190 Å². The molecule has 0 spiro atoms. The van der Waals surface area contributed by atoms with E-state index in [2.05, 4.69) is 159 Å². The van der Waals surface area contributed by atoms with Crippen LogP contribution in [0.25, 0.3) is 45.6 Å². The van der Waals surface area contributed by atoms with Crippen LogP contribution in [0.2, 0.25) is 0 Å². The van der Waals surface area contributed by atoms with Gasteiger partial charge in [-0.2, -0.15) is 0 Å². The molecule has 0 fully saturated rings. The van der Waals surface area contributed by atoms with Crippen molar-refractivity contribution in [1.29, 1.82) is 0 Å². The molecule has 0 radical (unpaired) electrons. The summed E-state index contributed by atoms with van der Waals surface area (Å²) in [7, 11) is 17.8. The predicted octanol–water partition coefficient (Wildman–Crippen LogP) is 12.6. The van der Waals surface area contributed by atoms with E-state index in [9.17, 15) is 9.59 Å². The number of amides is 2. The van der Waals surface area contributed by atoms with Crippen molar-refractivity contribution in [2.45, 2.75) is 46.9 Å². The van der Waals surface area contributed by atoms with Crippen molar-refractivity contribution in [1.82, 2.24) is 10.5 Å². The van der Waals surface area contributed by atoms with Gasteiger partial charge in [0.25, 0.3) is 0 Å². The first-order valence-corrected chi connectivity index (χ1v) is 35.2. The van der Waals surface area contributed by atoms with Crippen molar-refractivity contribution in [3.8, 4) is 22.3 Å². The van der Waals surface area contributed by atoms with Crippen molar-refractivity contribution in [2.75, 3.05) is 0 Å². The second kappa shape index (κ2) is 16.1. The molecule has 0 saturated carbocycles. The Bertz CT molecular complexity index is 2410. The van der Waals surface area contributed by atoms with E-state index in [0.717, 1.165) is 66.8 Å². The number of halogens is 2. The number of nitrogens with one attached hydrogen (secondary N) is 2. The van der Waals surface area contributed by atoms with Crippen LogP contribution in [-0.2, 0) is 25.5 Å². The predicted molar refractivity (Wildman–Crippen MR) is 242 cm³/mol. The van der Waals surface area contributed by atoms with E-state index in [1.165, 1.54) is 11.1 Å². The second-order valence-corrected chi connectivity index (χ2v) is 46.6. The quantitative estimate of drug-likeness (QED) is 0.0895. The monoisotopic (exact) mass is 967 g/mol. The Morgan fingerprint density at radius 1 is 0.500 bits per heavy atom. The van der Waals surface area contributed by atoms with Crippen LogP contribution in [0.15, 0.2) is 146 Å². The molecule has 8 rings (SSSR count). The number of rotatable bonds is 13. The molecule has 6 aromatic rings. The fourth-order valence-electron chi connectivity index (χ4n) is 9.72. The average Bonchev–Trinajstić information content (AvgIpc) is 3.86. The first-order valence-electron chi connectivity index (χ1n) is 20.0. The van der Waals surface area contributed by atoms with Gasteiger partial charge in [-0.1, -0.05) is 0 Å². The number of benzene rings is 6. The molecule has 0 bridgehead atoms. The van der Waals surface area contributed by atoms with Gasteiger partial charge < -0.3 is 0 Å². The van der Waals surface area contributed by atoms with E-state index in [4.69, 9.17) is 17.2 Å². The van der Waals surface area contributed by atoms with Crippen LogP contribution in [0.1, 0.15) is 91.4 Å². The fourth-order valence-corrected chi connectivity index (χ4v) is 38.0. The molecule has 0 saturated heterocycles. The minimum atomic E-state index is -6.38. The minimum absolute atomic E-state index is 0.287. The van der Waals surface area contributed by atoms with Crippen LogP contribution < -0.4 is 10.5 Å². The summed E-state index contributed by atoms with van der Waals surface area (Å²) >= 11 is -6.38. The molecule has 8 heteroatoms. The molecule has 2 aliphatic rings. The number of carbonyl (C=O) groups is 2. The Kier molecular flexibility index (Phi) is 11.1. The third-order valence-electron chi connectivity index (χ3n) is 12.2.